The lowest BCUT2D eigenvalue weighted by molar-refractivity contribution is -0.116. The van der Waals surface area contributed by atoms with Crippen molar-refractivity contribution < 1.29 is 26.4 Å². The Morgan fingerprint density at radius 2 is 1.44 bits per heavy atom. The summed E-state index contributed by atoms with van der Waals surface area (Å²) in [5.74, 6) is 0.698. The van der Waals surface area contributed by atoms with Crippen molar-refractivity contribution >= 4 is 43.1 Å². The van der Waals surface area contributed by atoms with E-state index >= 15 is 0 Å². The highest BCUT2D eigenvalue weighted by Crippen LogP contribution is 2.27. The van der Waals surface area contributed by atoms with Gasteiger partial charge in [0.1, 0.15) is 23.4 Å². The van der Waals surface area contributed by atoms with Crippen LogP contribution in [0.15, 0.2) is 108 Å². The summed E-state index contributed by atoms with van der Waals surface area (Å²) in [4.78, 5) is 16.9. The van der Waals surface area contributed by atoms with Crippen molar-refractivity contribution in [1.82, 2.24) is 4.98 Å². The fraction of sp³-hybridized carbons (Fsp3) is 0.111. The third kappa shape index (κ3) is 7.12. The van der Waals surface area contributed by atoms with Crippen LogP contribution in [0.4, 0.5) is 17.2 Å². The van der Waals surface area contributed by atoms with Crippen molar-refractivity contribution in [3.63, 3.8) is 0 Å². The number of carbonyl (C=O) groups excluding carboxylic acids is 1. The first kappa shape index (κ1) is 27.6. The van der Waals surface area contributed by atoms with E-state index in [1.807, 2.05) is 18.2 Å². The monoisotopic (exact) mass is 566 g/mol. The largest absolute Gasteiger partial charge is 0.457 e. The minimum Gasteiger partial charge on any atom is -0.457 e. The highest BCUT2D eigenvalue weighted by Gasteiger charge is 2.29. The molecule has 4 aromatic rings. The lowest BCUT2D eigenvalue weighted by Crippen LogP contribution is -2.45. The molecule has 10 nitrogen and oxygen atoms in total. The fourth-order valence-corrected chi connectivity index (χ4v) is 5.86. The van der Waals surface area contributed by atoms with Crippen LogP contribution in [0, 0.1) is 0 Å². The van der Waals surface area contributed by atoms with E-state index in [9.17, 15) is 21.6 Å². The molecule has 2 N–H and O–H groups in total. The smallest absolute Gasteiger partial charge is 0.263 e. The second-order valence-corrected chi connectivity index (χ2v) is 12.0. The van der Waals surface area contributed by atoms with Crippen LogP contribution < -0.4 is 19.1 Å². The van der Waals surface area contributed by atoms with Crippen LogP contribution in [0.25, 0.3) is 0 Å². The second-order valence-electron chi connectivity index (χ2n) is 8.48. The number of amides is 1. The number of para-hydroxylation sites is 1. The SMILES string of the molecule is C[C@@H](C(=O)Nc1ccc(S(=O)(=O)Nc2ccccn2)cc1)N(c1ccc(Oc2ccccc2)cc1)S(C)(=O)=O. The Morgan fingerprint density at radius 3 is 2.03 bits per heavy atom. The van der Waals surface area contributed by atoms with Crippen molar-refractivity contribution in [3.8, 4) is 11.5 Å². The van der Waals surface area contributed by atoms with E-state index in [4.69, 9.17) is 4.74 Å². The molecule has 3 aromatic carbocycles. The first-order chi connectivity index (χ1) is 18.5. The van der Waals surface area contributed by atoms with Gasteiger partial charge in [-0.15, -0.1) is 0 Å². The number of hydrogen-bond donors (Lipinski definition) is 2. The number of benzene rings is 3. The maximum atomic E-state index is 13.0. The lowest BCUT2D eigenvalue weighted by atomic mass is 10.2. The third-order valence-electron chi connectivity index (χ3n) is 5.49. The molecule has 4 rings (SSSR count). The van der Waals surface area contributed by atoms with Crippen LogP contribution in [0.5, 0.6) is 11.5 Å². The molecule has 202 valence electrons. The summed E-state index contributed by atoms with van der Waals surface area (Å²) in [5, 5.41) is 2.64. The normalized spacial score (nSPS) is 12.3. The van der Waals surface area contributed by atoms with Gasteiger partial charge in [-0.3, -0.25) is 13.8 Å². The van der Waals surface area contributed by atoms with Crippen LogP contribution in [-0.2, 0) is 24.8 Å². The zero-order valence-electron chi connectivity index (χ0n) is 21.1. The predicted molar refractivity (Wildman–Crippen MR) is 150 cm³/mol. The maximum Gasteiger partial charge on any atom is 0.263 e. The molecular formula is C27H26N4O6S2. The molecule has 0 radical (unpaired) electrons. The summed E-state index contributed by atoms with van der Waals surface area (Å²) in [6.45, 7) is 1.46. The first-order valence-corrected chi connectivity index (χ1v) is 15.0. The second kappa shape index (κ2) is 11.5. The summed E-state index contributed by atoms with van der Waals surface area (Å²) in [6.07, 6.45) is 2.48. The van der Waals surface area contributed by atoms with E-state index < -0.39 is 32.0 Å². The molecule has 12 heteroatoms. The summed E-state index contributed by atoms with van der Waals surface area (Å²) < 4.78 is 59.6. The van der Waals surface area contributed by atoms with Gasteiger partial charge in [-0.05, 0) is 79.7 Å². The molecule has 0 saturated carbocycles. The zero-order valence-corrected chi connectivity index (χ0v) is 22.7. The molecule has 1 amide bonds. The minimum absolute atomic E-state index is 0.0326. The van der Waals surface area contributed by atoms with Gasteiger partial charge in [0.15, 0.2) is 0 Å². The first-order valence-electron chi connectivity index (χ1n) is 11.7. The third-order valence-corrected chi connectivity index (χ3v) is 8.11. The quantitative estimate of drug-likeness (QED) is 0.289. The average molecular weight is 567 g/mol. The average Bonchev–Trinajstić information content (AvgIpc) is 2.90. The number of aromatic nitrogens is 1. The Bertz CT molecular complexity index is 1630. The van der Waals surface area contributed by atoms with Gasteiger partial charge in [0.2, 0.25) is 15.9 Å². The number of rotatable bonds is 10. The van der Waals surface area contributed by atoms with Gasteiger partial charge in [-0.25, -0.2) is 21.8 Å². The molecular weight excluding hydrogens is 540 g/mol. The minimum atomic E-state index is -3.89. The van der Waals surface area contributed by atoms with Crippen LogP contribution in [-0.4, -0.2) is 40.0 Å². The summed E-state index contributed by atoms with van der Waals surface area (Å²) >= 11 is 0. The topological polar surface area (TPSA) is 135 Å². The number of carbonyl (C=O) groups is 1. The molecule has 1 heterocycles. The molecule has 0 fully saturated rings. The van der Waals surface area contributed by atoms with Crippen LogP contribution in [0.1, 0.15) is 6.92 Å². The van der Waals surface area contributed by atoms with Crippen molar-refractivity contribution in [2.45, 2.75) is 17.9 Å². The van der Waals surface area contributed by atoms with E-state index in [1.165, 1.54) is 43.5 Å². The molecule has 0 unspecified atom stereocenters. The maximum absolute atomic E-state index is 13.0. The van der Waals surface area contributed by atoms with Gasteiger partial charge < -0.3 is 10.1 Å². The fourth-order valence-electron chi connectivity index (χ4n) is 3.68. The Hall–Kier alpha value is -4.42. The molecule has 0 aliphatic heterocycles. The van der Waals surface area contributed by atoms with Crippen molar-refractivity contribution in [2.75, 3.05) is 20.6 Å². The predicted octanol–water partition coefficient (Wildman–Crippen LogP) is 4.47. The van der Waals surface area contributed by atoms with Gasteiger partial charge in [0, 0.05) is 11.9 Å². The molecule has 1 atom stereocenters. The van der Waals surface area contributed by atoms with E-state index in [0.29, 0.717) is 17.2 Å². The zero-order chi connectivity index (χ0) is 28.0. The van der Waals surface area contributed by atoms with Crippen LogP contribution in [0.3, 0.4) is 0 Å². The van der Waals surface area contributed by atoms with E-state index in [2.05, 4.69) is 15.0 Å². The molecule has 0 spiro atoms. The number of hydrogen-bond acceptors (Lipinski definition) is 7. The molecule has 0 aliphatic carbocycles. The summed E-state index contributed by atoms with van der Waals surface area (Å²) in [7, 11) is -7.73. The lowest BCUT2D eigenvalue weighted by Gasteiger charge is -2.28. The number of nitrogens with one attached hydrogen (secondary N) is 2. The number of sulfonamides is 2. The summed E-state index contributed by atoms with van der Waals surface area (Å²) in [6, 6.07) is 24.7. The molecule has 0 saturated heterocycles. The standard InChI is InChI=1S/C27H26N4O6S2/c1-20(31(38(2,33)34)22-13-15-24(16-14-22)37-23-8-4-3-5-9-23)27(32)29-21-11-17-25(18-12-21)39(35,36)30-26-10-6-7-19-28-26/h3-20H,1-2H3,(H,28,30)(H,29,32)/t20-/m0/s1. The van der Waals surface area contributed by atoms with Crippen molar-refractivity contribution in [1.29, 1.82) is 0 Å². The molecule has 39 heavy (non-hydrogen) atoms. The van der Waals surface area contributed by atoms with E-state index in [-0.39, 0.29) is 16.4 Å². The van der Waals surface area contributed by atoms with Crippen molar-refractivity contribution in [3.05, 3.63) is 103 Å². The highest BCUT2D eigenvalue weighted by molar-refractivity contribution is 7.92. The Morgan fingerprint density at radius 1 is 0.821 bits per heavy atom. The van der Waals surface area contributed by atoms with E-state index in [1.54, 1.807) is 48.5 Å². The highest BCUT2D eigenvalue weighted by atomic mass is 32.2. The Balaban J connectivity index is 1.46. The van der Waals surface area contributed by atoms with Gasteiger partial charge >= 0.3 is 0 Å². The van der Waals surface area contributed by atoms with Gasteiger partial charge in [0.05, 0.1) is 16.8 Å². The molecule has 0 bridgehead atoms. The van der Waals surface area contributed by atoms with Crippen LogP contribution in [0.2, 0.25) is 0 Å². The number of anilines is 3. The van der Waals surface area contributed by atoms with E-state index in [0.717, 1.165) is 10.6 Å². The number of pyridine rings is 1. The van der Waals surface area contributed by atoms with Crippen molar-refractivity contribution in [2.24, 2.45) is 0 Å². The number of nitrogens with zero attached hydrogens (tertiary/aromatic N) is 2. The van der Waals surface area contributed by atoms with Gasteiger partial charge in [-0.2, -0.15) is 0 Å². The summed E-state index contributed by atoms with van der Waals surface area (Å²) in [5.41, 5.74) is 0.575. The Kier molecular flexibility index (Phi) is 8.17. The van der Waals surface area contributed by atoms with Gasteiger partial charge in [0.25, 0.3) is 10.0 Å². The number of ether oxygens (including phenoxy) is 1. The van der Waals surface area contributed by atoms with Crippen LogP contribution >= 0.6 is 0 Å². The van der Waals surface area contributed by atoms with Gasteiger partial charge in [-0.1, -0.05) is 24.3 Å². The molecule has 0 aliphatic rings. The Labute approximate surface area is 227 Å². The molecule has 1 aromatic heterocycles.